The number of nitrogen functional groups attached to an aromatic ring is 1. The molecule has 4 nitrogen and oxygen atoms in total. The third kappa shape index (κ3) is 2.56. The number of halogens is 1. The van der Waals surface area contributed by atoms with Crippen LogP contribution in [0.2, 0.25) is 0 Å². The first kappa shape index (κ1) is 13.9. The fraction of sp³-hybridized carbons (Fsp3) is 0.533. The molecule has 2 heterocycles. The van der Waals surface area contributed by atoms with Crippen LogP contribution in [0.4, 0.5) is 5.95 Å². The van der Waals surface area contributed by atoms with Gasteiger partial charge in [0.2, 0.25) is 5.95 Å². The third-order valence-electron chi connectivity index (χ3n) is 4.23. The highest BCUT2D eigenvalue weighted by molar-refractivity contribution is 9.10. The van der Waals surface area contributed by atoms with E-state index in [2.05, 4.69) is 56.4 Å². The van der Waals surface area contributed by atoms with E-state index >= 15 is 0 Å². The number of fused-ring (bicyclic) bond motifs is 1. The van der Waals surface area contributed by atoms with Crippen LogP contribution < -0.4 is 5.73 Å². The van der Waals surface area contributed by atoms with Crippen LogP contribution >= 0.6 is 15.9 Å². The van der Waals surface area contributed by atoms with Crippen LogP contribution in [0.5, 0.6) is 0 Å². The highest BCUT2D eigenvalue weighted by Gasteiger charge is 2.25. The molecule has 0 aliphatic carbocycles. The Kier molecular flexibility index (Phi) is 3.73. The van der Waals surface area contributed by atoms with Crippen LogP contribution in [0.15, 0.2) is 22.7 Å². The predicted octanol–water partition coefficient (Wildman–Crippen LogP) is 3.11. The second-order valence-corrected chi connectivity index (χ2v) is 6.87. The molecule has 1 unspecified atom stereocenters. The van der Waals surface area contributed by atoms with Crippen LogP contribution in [0.3, 0.4) is 0 Å². The monoisotopic (exact) mass is 336 g/mol. The molecule has 2 aromatic rings. The van der Waals surface area contributed by atoms with Gasteiger partial charge >= 0.3 is 0 Å². The highest BCUT2D eigenvalue weighted by Crippen LogP contribution is 2.26. The Morgan fingerprint density at radius 2 is 2.25 bits per heavy atom. The molecule has 1 aromatic carbocycles. The molecule has 1 aliphatic heterocycles. The summed E-state index contributed by atoms with van der Waals surface area (Å²) in [7, 11) is 0. The quantitative estimate of drug-likeness (QED) is 0.936. The van der Waals surface area contributed by atoms with Gasteiger partial charge in [-0.3, -0.25) is 0 Å². The van der Waals surface area contributed by atoms with E-state index in [0.29, 0.717) is 17.9 Å². The smallest absolute Gasteiger partial charge is 0.201 e. The topological polar surface area (TPSA) is 47.1 Å². The molecule has 1 aliphatic rings. The Balaban J connectivity index is 1.83. The number of nitrogens with zero attached hydrogens (tertiary/aromatic N) is 3. The van der Waals surface area contributed by atoms with Gasteiger partial charge in [0.1, 0.15) is 0 Å². The van der Waals surface area contributed by atoms with E-state index in [1.54, 1.807) is 0 Å². The van der Waals surface area contributed by atoms with Gasteiger partial charge < -0.3 is 15.2 Å². The van der Waals surface area contributed by atoms with Crippen LogP contribution in [0.1, 0.15) is 20.3 Å². The molecular weight excluding hydrogens is 316 g/mol. The molecule has 1 fully saturated rings. The Hall–Kier alpha value is -1.07. The van der Waals surface area contributed by atoms with Crippen molar-refractivity contribution in [3.8, 4) is 0 Å². The van der Waals surface area contributed by atoms with Gasteiger partial charge in [-0.1, -0.05) is 15.9 Å². The van der Waals surface area contributed by atoms with Gasteiger partial charge in [-0.25, -0.2) is 4.98 Å². The fourth-order valence-electron chi connectivity index (χ4n) is 3.05. The van der Waals surface area contributed by atoms with Crippen LogP contribution in [-0.4, -0.2) is 33.6 Å². The zero-order valence-electron chi connectivity index (χ0n) is 12.0. The minimum Gasteiger partial charge on any atom is -0.369 e. The van der Waals surface area contributed by atoms with Crippen molar-refractivity contribution in [3.05, 3.63) is 22.7 Å². The molecule has 1 saturated heterocycles. The summed E-state index contributed by atoms with van der Waals surface area (Å²) in [6, 6.07) is 6.80. The van der Waals surface area contributed by atoms with Gasteiger partial charge in [-0.15, -0.1) is 0 Å². The maximum absolute atomic E-state index is 6.10. The zero-order valence-corrected chi connectivity index (χ0v) is 13.6. The number of imidazole rings is 1. The van der Waals surface area contributed by atoms with Crippen molar-refractivity contribution in [2.24, 2.45) is 5.92 Å². The van der Waals surface area contributed by atoms with Gasteiger partial charge in [0.25, 0.3) is 0 Å². The maximum Gasteiger partial charge on any atom is 0.201 e. The van der Waals surface area contributed by atoms with Crippen LogP contribution in [-0.2, 0) is 6.54 Å². The number of benzene rings is 1. The predicted molar refractivity (Wildman–Crippen MR) is 86.7 cm³/mol. The number of hydrogen-bond donors (Lipinski definition) is 1. The molecule has 108 valence electrons. The first-order chi connectivity index (χ1) is 9.54. The summed E-state index contributed by atoms with van der Waals surface area (Å²) < 4.78 is 3.21. The van der Waals surface area contributed by atoms with E-state index in [4.69, 9.17) is 5.73 Å². The summed E-state index contributed by atoms with van der Waals surface area (Å²) >= 11 is 3.48. The minimum atomic E-state index is 0.626. The van der Waals surface area contributed by atoms with E-state index in [1.165, 1.54) is 13.0 Å². The molecule has 1 atom stereocenters. The Labute approximate surface area is 128 Å². The van der Waals surface area contributed by atoms with E-state index in [1.807, 2.05) is 6.07 Å². The zero-order chi connectivity index (χ0) is 14.3. The Morgan fingerprint density at radius 3 is 2.95 bits per heavy atom. The molecule has 20 heavy (non-hydrogen) atoms. The second kappa shape index (κ2) is 5.37. The lowest BCUT2D eigenvalue weighted by atomic mass is 10.1. The largest absolute Gasteiger partial charge is 0.369 e. The van der Waals surface area contributed by atoms with Crippen LogP contribution in [0.25, 0.3) is 11.0 Å². The Morgan fingerprint density at radius 1 is 1.45 bits per heavy atom. The summed E-state index contributed by atoms with van der Waals surface area (Å²) in [5.74, 6) is 1.29. The molecule has 0 saturated carbocycles. The number of rotatable bonds is 3. The van der Waals surface area contributed by atoms with Crippen LogP contribution in [0, 0.1) is 5.92 Å². The lowest BCUT2D eigenvalue weighted by molar-refractivity contribution is 0.261. The number of likely N-dealkylation sites (tertiary alicyclic amines) is 1. The van der Waals surface area contributed by atoms with Gasteiger partial charge in [0, 0.05) is 23.6 Å². The lowest BCUT2D eigenvalue weighted by Crippen LogP contribution is -2.28. The molecular formula is C15H21BrN4. The number of anilines is 1. The Bertz CT molecular complexity index is 620. The maximum atomic E-state index is 6.10. The second-order valence-electron chi connectivity index (χ2n) is 5.96. The van der Waals surface area contributed by atoms with Crippen molar-refractivity contribution in [3.63, 3.8) is 0 Å². The minimum absolute atomic E-state index is 0.626. The SMILES string of the molecule is CC(C)N1CCC(Cn2c(N)nc3cc(Br)ccc32)C1. The standard InChI is InChI=1S/C15H21BrN4/c1-10(2)19-6-5-11(8-19)9-20-14-4-3-12(16)7-13(14)18-15(20)17/h3-4,7,10-11H,5-6,8-9H2,1-2H3,(H2,17,18). The van der Waals surface area contributed by atoms with E-state index in [0.717, 1.165) is 28.6 Å². The van der Waals surface area contributed by atoms with Crippen molar-refractivity contribution in [1.82, 2.24) is 14.5 Å². The average molecular weight is 337 g/mol. The van der Waals surface area contributed by atoms with Gasteiger partial charge in [-0.2, -0.15) is 0 Å². The number of aromatic nitrogens is 2. The molecule has 0 spiro atoms. The van der Waals surface area contributed by atoms with Crippen molar-refractivity contribution in [1.29, 1.82) is 0 Å². The van der Waals surface area contributed by atoms with E-state index in [-0.39, 0.29) is 0 Å². The lowest BCUT2D eigenvalue weighted by Gasteiger charge is -2.20. The summed E-state index contributed by atoms with van der Waals surface area (Å²) in [6.45, 7) is 7.85. The summed E-state index contributed by atoms with van der Waals surface area (Å²) in [5.41, 5.74) is 8.20. The average Bonchev–Trinajstić information content (AvgIpc) is 2.96. The van der Waals surface area contributed by atoms with Gasteiger partial charge in [0.05, 0.1) is 11.0 Å². The molecule has 0 radical (unpaired) electrons. The molecule has 5 heteroatoms. The highest BCUT2D eigenvalue weighted by atomic mass is 79.9. The van der Waals surface area contributed by atoms with Crippen molar-refractivity contribution >= 4 is 32.9 Å². The molecule has 3 rings (SSSR count). The fourth-order valence-corrected chi connectivity index (χ4v) is 3.40. The first-order valence-corrected chi connectivity index (χ1v) is 7.99. The number of hydrogen-bond acceptors (Lipinski definition) is 3. The molecule has 1 aromatic heterocycles. The molecule has 0 amide bonds. The van der Waals surface area contributed by atoms with Gasteiger partial charge in [0.15, 0.2) is 0 Å². The summed E-state index contributed by atoms with van der Waals surface area (Å²) in [6.07, 6.45) is 1.24. The molecule has 2 N–H and O–H groups in total. The van der Waals surface area contributed by atoms with E-state index < -0.39 is 0 Å². The van der Waals surface area contributed by atoms with Gasteiger partial charge in [-0.05, 0) is 50.9 Å². The van der Waals surface area contributed by atoms with E-state index in [9.17, 15) is 0 Å². The van der Waals surface area contributed by atoms with Crippen molar-refractivity contribution < 1.29 is 0 Å². The normalized spacial score (nSPS) is 20.3. The third-order valence-corrected chi connectivity index (χ3v) is 4.72. The first-order valence-electron chi connectivity index (χ1n) is 7.20. The van der Waals surface area contributed by atoms with Crippen molar-refractivity contribution in [2.75, 3.05) is 18.8 Å². The molecule has 0 bridgehead atoms. The summed E-state index contributed by atoms with van der Waals surface area (Å²) in [4.78, 5) is 7.01. The summed E-state index contributed by atoms with van der Waals surface area (Å²) in [5, 5.41) is 0. The number of nitrogens with two attached hydrogens (primary N) is 1. The van der Waals surface area contributed by atoms with Crippen molar-refractivity contribution in [2.45, 2.75) is 32.9 Å².